The van der Waals surface area contributed by atoms with Gasteiger partial charge in [0.15, 0.2) is 0 Å². The van der Waals surface area contributed by atoms with Crippen LogP contribution in [0.15, 0.2) is 74.5 Å². The highest BCUT2D eigenvalue weighted by molar-refractivity contribution is 9.10. The summed E-state index contributed by atoms with van der Waals surface area (Å²) in [4.78, 5) is 12.7. The van der Waals surface area contributed by atoms with E-state index in [2.05, 4.69) is 31.9 Å². The van der Waals surface area contributed by atoms with Crippen molar-refractivity contribution >= 4 is 69.6 Å². The molecular weight excluding hydrogens is 548 g/mol. The molecule has 1 N–H and O–H groups in total. The van der Waals surface area contributed by atoms with Gasteiger partial charge in [0.25, 0.3) is 15.9 Å². The summed E-state index contributed by atoms with van der Waals surface area (Å²) < 4.78 is 30.2. The van der Waals surface area contributed by atoms with E-state index in [4.69, 9.17) is 0 Å². The minimum Gasteiger partial charge on any atom is -0.389 e. The summed E-state index contributed by atoms with van der Waals surface area (Å²) in [7, 11) is -3.96. The highest BCUT2D eigenvalue weighted by atomic mass is 79.9. The number of fused-ring (bicyclic) bond motifs is 4. The smallest absolute Gasteiger partial charge is 0.269 e. The van der Waals surface area contributed by atoms with Gasteiger partial charge in [-0.2, -0.15) is 0 Å². The van der Waals surface area contributed by atoms with E-state index < -0.39 is 22.0 Å². The third kappa shape index (κ3) is 3.31. The van der Waals surface area contributed by atoms with Gasteiger partial charge >= 0.3 is 0 Å². The van der Waals surface area contributed by atoms with Crippen molar-refractivity contribution in [2.45, 2.75) is 17.5 Å². The normalized spacial score (nSPS) is 16.2. The van der Waals surface area contributed by atoms with E-state index in [0.717, 1.165) is 35.1 Å². The summed E-state index contributed by atoms with van der Waals surface area (Å²) in [5.41, 5.74) is 1.96. The third-order valence-electron chi connectivity index (χ3n) is 5.47. The van der Waals surface area contributed by atoms with Crippen LogP contribution in [0.3, 0.4) is 0 Å². The van der Waals surface area contributed by atoms with Gasteiger partial charge in [0.05, 0.1) is 24.8 Å². The number of carbonyl (C=O) groups is 1. The molecule has 1 atom stereocenters. The van der Waals surface area contributed by atoms with E-state index in [-0.39, 0.29) is 23.5 Å². The van der Waals surface area contributed by atoms with Gasteiger partial charge in [-0.1, -0.05) is 44.0 Å². The van der Waals surface area contributed by atoms with Crippen LogP contribution in [0, 0.1) is 0 Å². The molecule has 4 aromatic rings. The highest BCUT2D eigenvalue weighted by Gasteiger charge is 2.41. The fourth-order valence-corrected chi connectivity index (χ4v) is 6.44. The van der Waals surface area contributed by atoms with Crippen LogP contribution >= 0.6 is 31.9 Å². The number of aliphatic hydroxyl groups excluding tert-OH is 1. The highest BCUT2D eigenvalue weighted by Crippen LogP contribution is 2.34. The van der Waals surface area contributed by atoms with Gasteiger partial charge in [-0.05, 0) is 48.5 Å². The Kier molecular flexibility index (Phi) is 4.97. The van der Waals surface area contributed by atoms with Gasteiger partial charge < -0.3 is 9.67 Å². The van der Waals surface area contributed by atoms with E-state index in [1.807, 2.05) is 41.0 Å². The lowest BCUT2D eigenvalue weighted by Crippen LogP contribution is -2.38. The predicted octanol–water partition coefficient (Wildman–Crippen LogP) is 4.53. The largest absolute Gasteiger partial charge is 0.389 e. The molecule has 6 nitrogen and oxygen atoms in total. The molecule has 1 amide bonds. The average Bonchev–Trinajstić information content (AvgIpc) is 3.12. The number of nitrogens with zero attached hydrogens (tertiary/aromatic N) is 2. The van der Waals surface area contributed by atoms with Crippen LogP contribution in [0.2, 0.25) is 0 Å². The zero-order valence-corrected chi connectivity index (χ0v) is 20.0. The zero-order valence-electron chi connectivity index (χ0n) is 16.0. The summed E-state index contributed by atoms with van der Waals surface area (Å²) in [5, 5.41) is 12.9. The standard InChI is InChI=1S/C22H16Br2N2O4S/c23-13-5-7-19-17(9-13)18-10-14(24)6-8-20(18)25(19)11-15(27)12-26-22(28)16-3-1-2-4-21(16)31(26,29)30/h1-10,15,27H,11-12H2/t15-/m1/s1. The Morgan fingerprint density at radius 3 is 2.03 bits per heavy atom. The molecule has 9 heteroatoms. The SMILES string of the molecule is O=C1c2ccccc2S(=O)(=O)N1C[C@H](O)Cn1c2ccc(Br)cc2c2cc(Br)ccc21. The Morgan fingerprint density at radius 1 is 0.871 bits per heavy atom. The van der Waals surface area contributed by atoms with Gasteiger partial charge in [0, 0.05) is 30.8 Å². The van der Waals surface area contributed by atoms with Crippen LogP contribution in [0.25, 0.3) is 21.8 Å². The van der Waals surface area contributed by atoms with Gasteiger partial charge in [-0.3, -0.25) is 4.79 Å². The number of benzene rings is 3. The molecule has 1 aliphatic rings. The first-order chi connectivity index (χ1) is 14.8. The first kappa shape index (κ1) is 20.7. The molecule has 3 aromatic carbocycles. The summed E-state index contributed by atoms with van der Waals surface area (Å²) in [6.45, 7) is -0.178. The van der Waals surface area contributed by atoms with Gasteiger partial charge in [-0.15, -0.1) is 0 Å². The van der Waals surface area contributed by atoms with Crippen LogP contribution in [0.5, 0.6) is 0 Å². The fraction of sp³-hybridized carbons (Fsp3) is 0.136. The number of carbonyl (C=O) groups excluding carboxylic acids is 1. The molecule has 0 aliphatic carbocycles. The number of rotatable bonds is 4. The van der Waals surface area contributed by atoms with Crippen molar-refractivity contribution in [3.8, 4) is 0 Å². The second kappa shape index (κ2) is 7.44. The molecule has 0 saturated heterocycles. The van der Waals surface area contributed by atoms with E-state index in [9.17, 15) is 18.3 Å². The summed E-state index contributed by atoms with van der Waals surface area (Å²) in [5.74, 6) is -0.607. The molecule has 1 aromatic heterocycles. The van der Waals surface area contributed by atoms with E-state index in [0.29, 0.717) is 0 Å². The molecule has 158 valence electrons. The van der Waals surface area contributed by atoms with E-state index in [1.165, 1.54) is 12.1 Å². The molecule has 0 fully saturated rings. The number of hydrogen-bond acceptors (Lipinski definition) is 4. The lowest BCUT2D eigenvalue weighted by molar-refractivity contribution is 0.0774. The average molecular weight is 564 g/mol. The summed E-state index contributed by atoms with van der Waals surface area (Å²) in [6.07, 6.45) is -1.08. The maximum atomic E-state index is 12.8. The monoisotopic (exact) mass is 562 g/mol. The summed E-state index contributed by atoms with van der Waals surface area (Å²) in [6, 6.07) is 17.9. The molecule has 31 heavy (non-hydrogen) atoms. The maximum absolute atomic E-state index is 12.8. The van der Waals surface area contributed by atoms with Gasteiger partial charge in [0.1, 0.15) is 4.90 Å². The first-order valence-corrected chi connectivity index (χ1v) is 12.5. The maximum Gasteiger partial charge on any atom is 0.269 e. The lowest BCUT2D eigenvalue weighted by Gasteiger charge is -2.20. The molecule has 0 bridgehead atoms. The zero-order chi connectivity index (χ0) is 21.9. The predicted molar refractivity (Wildman–Crippen MR) is 126 cm³/mol. The van der Waals surface area contributed by atoms with Crippen LogP contribution < -0.4 is 0 Å². The van der Waals surface area contributed by atoms with Crippen molar-refractivity contribution in [2.75, 3.05) is 6.54 Å². The van der Waals surface area contributed by atoms with Gasteiger partial charge in [0.2, 0.25) is 0 Å². The van der Waals surface area contributed by atoms with Crippen LogP contribution in [0.1, 0.15) is 10.4 Å². The fourth-order valence-electron chi connectivity index (χ4n) is 4.12. The third-order valence-corrected chi connectivity index (χ3v) is 8.26. The molecule has 0 radical (unpaired) electrons. The molecule has 0 spiro atoms. The van der Waals surface area contributed by atoms with Crippen LogP contribution in [-0.2, 0) is 16.6 Å². The van der Waals surface area contributed by atoms with Crippen molar-refractivity contribution < 1.29 is 18.3 Å². The van der Waals surface area contributed by atoms with Crippen molar-refractivity contribution in [1.29, 1.82) is 0 Å². The van der Waals surface area contributed by atoms with Gasteiger partial charge in [-0.25, -0.2) is 12.7 Å². The Labute approximate surface area is 195 Å². The number of hydrogen-bond donors (Lipinski definition) is 1. The Hall–Kier alpha value is -2.20. The number of amides is 1. The number of halogens is 2. The van der Waals surface area contributed by atoms with Crippen molar-refractivity contribution in [3.63, 3.8) is 0 Å². The summed E-state index contributed by atoms with van der Waals surface area (Å²) >= 11 is 7.01. The van der Waals surface area contributed by atoms with Crippen molar-refractivity contribution in [3.05, 3.63) is 75.2 Å². The second-order valence-electron chi connectivity index (χ2n) is 7.42. The van der Waals surface area contributed by atoms with E-state index in [1.54, 1.807) is 12.1 Å². The van der Waals surface area contributed by atoms with Crippen molar-refractivity contribution in [2.24, 2.45) is 0 Å². The second-order valence-corrected chi connectivity index (χ2v) is 11.1. The number of aliphatic hydroxyl groups is 1. The molecule has 1 aliphatic heterocycles. The van der Waals surface area contributed by atoms with E-state index >= 15 is 0 Å². The number of sulfonamides is 1. The van der Waals surface area contributed by atoms with Crippen LogP contribution in [0.4, 0.5) is 0 Å². The number of β-amino-alcohol motifs (C(OH)–C–C–N with tert-alkyl or cyclic N) is 1. The molecule has 0 unspecified atom stereocenters. The quantitative estimate of drug-likeness (QED) is 0.396. The Morgan fingerprint density at radius 2 is 1.45 bits per heavy atom. The van der Waals surface area contributed by atoms with Crippen LogP contribution in [-0.4, -0.2) is 41.0 Å². The minimum absolute atomic E-state index is 0.0150. The Balaban J connectivity index is 1.52. The minimum atomic E-state index is -3.96. The molecule has 0 saturated carbocycles. The molecular formula is C22H16Br2N2O4S. The topological polar surface area (TPSA) is 79.6 Å². The van der Waals surface area contributed by atoms with Crippen molar-refractivity contribution in [1.82, 2.24) is 8.87 Å². The molecule has 5 rings (SSSR count). The first-order valence-electron chi connectivity index (χ1n) is 9.48. The molecule has 2 heterocycles. The Bertz CT molecular complexity index is 1420. The lowest BCUT2D eigenvalue weighted by atomic mass is 10.2. The number of aromatic nitrogens is 1.